The number of ether oxygens (including phenoxy) is 1. The Hall–Kier alpha value is -2.06. The molecule has 0 heterocycles. The van der Waals surface area contributed by atoms with Crippen LogP contribution in [-0.4, -0.2) is 34.1 Å². The van der Waals surface area contributed by atoms with Crippen molar-refractivity contribution in [2.75, 3.05) is 12.4 Å². The number of hydrogen-bond donors (Lipinski definition) is 3. The number of thiocarbonyl (C=S) groups is 1. The zero-order valence-electron chi connectivity index (χ0n) is 15.5. The molecule has 29 heavy (non-hydrogen) atoms. The molecule has 6 nitrogen and oxygen atoms in total. The molecular formula is C19H18Cl3N3O3S. The number of anilines is 1. The molecule has 1 atom stereocenters. The number of aryl methyl sites for hydroxylation is 1. The second kappa shape index (κ2) is 10.1. The van der Waals surface area contributed by atoms with E-state index in [9.17, 15) is 9.59 Å². The number of hydrogen-bond acceptors (Lipinski definition) is 4. The van der Waals surface area contributed by atoms with Crippen molar-refractivity contribution in [2.24, 2.45) is 0 Å². The van der Waals surface area contributed by atoms with E-state index in [2.05, 4.69) is 16.0 Å². The van der Waals surface area contributed by atoms with Crippen molar-refractivity contribution in [2.45, 2.75) is 16.9 Å². The SMILES string of the molecule is COC(=O)c1ccccc1NC(=S)N[C@H](NC(=O)c1cccc(C)c1)C(Cl)(Cl)Cl. The minimum atomic E-state index is -1.91. The fourth-order valence-electron chi connectivity index (χ4n) is 2.37. The third kappa shape index (κ3) is 6.75. The number of carbonyl (C=O) groups excluding carboxylic acids is 2. The highest BCUT2D eigenvalue weighted by atomic mass is 35.6. The zero-order valence-corrected chi connectivity index (χ0v) is 18.5. The van der Waals surface area contributed by atoms with Gasteiger partial charge in [-0.05, 0) is 43.4 Å². The van der Waals surface area contributed by atoms with Gasteiger partial charge in [0.1, 0.15) is 6.17 Å². The Kier molecular flexibility index (Phi) is 8.10. The van der Waals surface area contributed by atoms with Gasteiger partial charge in [0.25, 0.3) is 5.91 Å². The van der Waals surface area contributed by atoms with Gasteiger partial charge in [-0.25, -0.2) is 4.79 Å². The first-order valence-electron chi connectivity index (χ1n) is 8.31. The van der Waals surface area contributed by atoms with Gasteiger partial charge in [-0.1, -0.05) is 64.6 Å². The van der Waals surface area contributed by atoms with Crippen LogP contribution in [0.1, 0.15) is 26.3 Å². The summed E-state index contributed by atoms with van der Waals surface area (Å²) in [6.07, 6.45) is -1.15. The van der Waals surface area contributed by atoms with E-state index in [0.29, 0.717) is 11.3 Å². The van der Waals surface area contributed by atoms with E-state index in [4.69, 9.17) is 51.8 Å². The van der Waals surface area contributed by atoms with Crippen LogP contribution in [0.5, 0.6) is 0 Å². The minimum Gasteiger partial charge on any atom is -0.465 e. The van der Waals surface area contributed by atoms with Gasteiger partial charge in [-0.15, -0.1) is 0 Å². The fourth-order valence-corrected chi connectivity index (χ4v) is 2.93. The lowest BCUT2D eigenvalue weighted by atomic mass is 10.1. The molecule has 0 aliphatic carbocycles. The average molecular weight is 475 g/mol. The molecule has 0 radical (unpaired) electrons. The van der Waals surface area contributed by atoms with Crippen LogP contribution in [0.2, 0.25) is 0 Å². The van der Waals surface area contributed by atoms with Crippen LogP contribution in [0.15, 0.2) is 48.5 Å². The van der Waals surface area contributed by atoms with Crippen molar-refractivity contribution in [3.63, 3.8) is 0 Å². The van der Waals surface area contributed by atoms with Crippen LogP contribution >= 0.6 is 47.0 Å². The summed E-state index contributed by atoms with van der Waals surface area (Å²) in [4.78, 5) is 24.4. The van der Waals surface area contributed by atoms with Crippen LogP contribution in [-0.2, 0) is 4.74 Å². The molecule has 0 saturated heterocycles. The number of esters is 1. The summed E-state index contributed by atoms with van der Waals surface area (Å²) in [5.41, 5.74) is 1.98. The second-order valence-electron chi connectivity index (χ2n) is 5.95. The number of benzene rings is 2. The number of carbonyl (C=O) groups is 2. The third-order valence-electron chi connectivity index (χ3n) is 3.74. The predicted octanol–water partition coefficient (Wildman–Crippen LogP) is 4.19. The van der Waals surface area contributed by atoms with Crippen molar-refractivity contribution < 1.29 is 14.3 Å². The maximum atomic E-state index is 12.5. The zero-order chi connectivity index (χ0) is 21.6. The highest BCUT2D eigenvalue weighted by molar-refractivity contribution is 7.80. The Bertz CT molecular complexity index is 919. The van der Waals surface area contributed by atoms with Crippen LogP contribution in [0.4, 0.5) is 5.69 Å². The first-order chi connectivity index (χ1) is 13.6. The third-order valence-corrected chi connectivity index (χ3v) is 4.61. The van der Waals surface area contributed by atoms with Crippen molar-refractivity contribution in [3.05, 3.63) is 65.2 Å². The number of para-hydroxylation sites is 1. The lowest BCUT2D eigenvalue weighted by Gasteiger charge is -2.28. The standard InChI is InChI=1S/C19H18Cl3N3O3S/c1-11-6-5-7-12(10-11)15(26)24-17(19(20,21)22)25-18(29)23-14-9-4-3-8-13(14)16(27)28-2/h3-10,17H,1-2H3,(H,24,26)(H2,23,25,29)/t17-/m0/s1. The molecule has 2 aromatic carbocycles. The van der Waals surface area contributed by atoms with Gasteiger partial charge in [0.15, 0.2) is 5.11 Å². The van der Waals surface area contributed by atoms with Gasteiger partial charge in [-0.3, -0.25) is 4.79 Å². The van der Waals surface area contributed by atoms with E-state index < -0.39 is 21.8 Å². The number of halogens is 3. The molecule has 10 heteroatoms. The maximum absolute atomic E-state index is 12.5. The van der Waals surface area contributed by atoms with E-state index >= 15 is 0 Å². The first kappa shape index (κ1) is 23.2. The van der Waals surface area contributed by atoms with Crippen molar-refractivity contribution in [3.8, 4) is 0 Å². The lowest BCUT2D eigenvalue weighted by Crippen LogP contribution is -2.56. The smallest absolute Gasteiger partial charge is 0.339 e. The molecule has 2 aromatic rings. The number of rotatable bonds is 5. The molecule has 0 aliphatic heterocycles. The number of methoxy groups -OCH3 is 1. The summed E-state index contributed by atoms with van der Waals surface area (Å²) >= 11 is 23.3. The Morgan fingerprint density at radius 2 is 1.76 bits per heavy atom. The molecule has 0 fully saturated rings. The van der Waals surface area contributed by atoms with Crippen molar-refractivity contribution in [1.82, 2.24) is 10.6 Å². The summed E-state index contributed by atoms with van der Waals surface area (Å²) < 4.78 is 2.83. The Balaban J connectivity index is 2.14. The Morgan fingerprint density at radius 3 is 2.38 bits per heavy atom. The number of nitrogens with one attached hydrogen (secondary N) is 3. The van der Waals surface area contributed by atoms with E-state index in [-0.39, 0.29) is 10.7 Å². The summed E-state index contributed by atoms with van der Waals surface area (Å²) in [7, 11) is 1.27. The summed E-state index contributed by atoms with van der Waals surface area (Å²) in [5, 5.41) is 8.22. The topological polar surface area (TPSA) is 79.5 Å². The quantitative estimate of drug-likeness (QED) is 0.261. The van der Waals surface area contributed by atoms with Crippen LogP contribution < -0.4 is 16.0 Å². The molecule has 3 N–H and O–H groups in total. The molecule has 0 saturated carbocycles. The average Bonchev–Trinajstić information content (AvgIpc) is 2.66. The van der Waals surface area contributed by atoms with Gasteiger partial charge < -0.3 is 20.7 Å². The molecule has 1 amide bonds. The highest BCUT2D eigenvalue weighted by Gasteiger charge is 2.35. The number of alkyl halides is 3. The monoisotopic (exact) mass is 473 g/mol. The molecule has 154 valence electrons. The Morgan fingerprint density at radius 1 is 1.07 bits per heavy atom. The Labute approximate surface area is 188 Å². The number of amides is 1. The molecule has 0 unspecified atom stereocenters. The first-order valence-corrected chi connectivity index (χ1v) is 9.85. The van der Waals surface area contributed by atoms with Gasteiger partial charge >= 0.3 is 5.97 Å². The molecular weight excluding hydrogens is 457 g/mol. The van der Waals surface area contributed by atoms with Crippen molar-refractivity contribution in [1.29, 1.82) is 0 Å². The van der Waals surface area contributed by atoms with Gasteiger partial charge in [0.2, 0.25) is 3.79 Å². The largest absolute Gasteiger partial charge is 0.465 e. The lowest BCUT2D eigenvalue weighted by molar-refractivity contribution is 0.0601. The van der Waals surface area contributed by atoms with Crippen molar-refractivity contribution >= 4 is 69.7 Å². The molecule has 0 aromatic heterocycles. The predicted molar refractivity (Wildman–Crippen MR) is 120 cm³/mol. The van der Waals surface area contributed by atoms with E-state index in [1.807, 2.05) is 13.0 Å². The van der Waals surface area contributed by atoms with E-state index in [0.717, 1.165) is 5.56 Å². The summed E-state index contributed by atoms with van der Waals surface area (Å²) in [6, 6.07) is 13.5. The normalized spacial score (nSPS) is 11.9. The van der Waals surface area contributed by atoms with Crippen LogP contribution in [0, 0.1) is 6.92 Å². The van der Waals surface area contributed by atoms with E-state index in [1.54, 1.807) is 42.5 Å². The molecule has 2 rings (SSSR count). The second-order valence-corrected chi connectivity index (χ2v) is 8.73. The van der Waals surface area contributed by atoms with Gasteiger partial charge in [0.05, 0.1) is 18.4 Å². The molecule has 0 spiro atoms. The summed E-state index contributed by atoms with van der Waals surface area (Å²) in [5.74, 6) is -0.989. The maximum Gasteiger partial charge on any atom is 0.339 e. The van der Waals surface area contributed by atoms with E-state index in [1.165, 1.54) is 7.11 Å². The summed E-state index contributed by atoms with van der Waals surface area (Å²) in [6.45, 7) is 1.86. The highest BCUT2D eigenvalue weighted by Crippen LogP contribution is 2.29. The van der Waals surface area contributed by atoms with Crippen LogP contribution in [0.25, 0.3) is 0 Å². The fraction of sp³-hybridized carbons (Fsp3) is 0.211. The minimum absolute atomic E-state index is 0.0298. The molecule has 0 bridgehead atoms. The van der Waals surface area contributed by atoms with Gasteiger partial charge in [0, 0.05) is 5.56 Å². The van der Waals surface area contributed by atoms with Gasteiger partial charge in [-0.2, -0.15) is 0 Å². The molecule has 0 aliphatic rings. The van der Waals surface area contributed by atoms with Crippen LogP contribution in [0.3, 0.4) is 0 Å².